The Morgan fingerprint density at radius 2 is 2.00 bits per heavy atom. The molecule has 21 heavy (non-hydrogen) atoms. The van der Waals surface area contributed by atoms with Crippen LogP contribution in [0.4, 0.5) is 5.69 Å². The molecule has 2 aliphatic rings. The summed E-state index contributed by atoms with van der Waals surface area (Å²) in [6, 6.07) is 7.09. The fraction of sp³-hybridized carbons (Fsp3) is 0.333. The minimum Gasteiger partial charge on any atom is -0.511 e. The smallest absolute Gasteiger partial charge is 0.264 e. The van der Waals surface area contributed by atoms with Crippen molar-refractivity contribution in [2.75, 3.05) is 18.4 Å². The molecule has 1 saturated heterocycles. The van der Waals surface area contributed by atoms with E-state index in [0.717, 1.165) is 5.56 Å². The lowest BCUT2D eigenvalue weighted by Gasteiger charge is -2.26. The lowest BCUT2D eigenvalue weighted by molar-refractivity contribution is -0.123. The minimum absolute atomic E-state index is 0.127. The summed E-state index contributed by atoms with van der Waals surface area (Å²) in [7, 11) is 0. The van der Waals surface area contributed by atoms with Gasteiger partial charge in [0.2, 0.25) is 0 Å². The largest absolute Gasteiger partial charge is 0.511 e. The molecule has 1 fully saturated rings. The Labute approximate surface area is 122 Å². The molecule has 0 bridgehead atoms. The first-order valence-corrected chi connectivity index (χ1v) is 6.89. The molecule has 2 heterocycles. The van der Waals surface area contributed by atoms with Crippen molar-refractivity contribution in [3.63, 3.8) is 0 Å². The van der Waals surface area contributed by atoms with Crippen molar-refractivity contribution < 1.29 is 14.7 Å². The summed E-state index contributed by atoms with van der Waals surface area (Å²) in [4.78, 5) is 24.3. The molecule has 0 spiro atoms. The number of anilines is 1. The molecule has 6 nitrogen and oxygen atoms in total. The molecule has 1 aromatic rings. The summed E-state index contributed by atoms with van der Waals surface area (Å²) < 4.78 is 0. The van der Waals surface area contributed by atoms with Crippen molar-refractivity contribution >= 4 is 17.5 Å². The van der Waals surface area contributed by atoms with E-state index in [1.807, 2.05) is 19.1 Å². The second-order valence-corrected chi connectivity index (χ2v) is 5.43. The molecule has 110 valence electrons. The first-order chi connectivity index (χ1) is 10.1. The number of carbonyl (C=O) groups excluding carboxylic acids is 2. The van der Waals surface area contributed by atoms with Crippen molar-refractivity contribution in [1.82, 2.24) is 10.6 Å². The van der Waals surface area contributed by atoms with Crippen LogP contribution in [0.25, 0.3) is 0 Å². The number of aliphatic hydroxyl groups excluding tert-OH is 1. The number of aliphatic hydroxyl groups is 1. The van der Waals surface area contributed by atoms with Crippen molar-refractivity contribution in [3.8, 4) is 0 Å². The average molecular weight is 287 g/mol. The van der Waals surface area contributed by atoms with Crippen LogP contribution >= 0.6 is 0 Å². The Morgan fingerprint density at radius 1 is 1.29 bits per heavy atom. The Bertz CT molecular complexity index is 622. The van der Waals surface area contributed by atoms with Crippen LogP contribution in [-0.2, 0) is 9.59 Å². The Morgan fingerprint density at radius 3 is 2.71 bits per heavy atom. The van der Waals surface area contributed by atoms with E-state index < -0.39 is 11.8 Å². The molecule has 1 aromatic carbocycles. The van der Waals surface area contributed by atoms with Gasteiger partial charge in [0.1, 0.15) is 11.3 Å². The Balaban J connectivity index is 1.84. The standard InChI is InChI=1S/C15H17N3O3/c1-8-2-4-9(5-3-8)17-14(20)12-13(19)10-6-16-7-11(10)18-15(12)21/h2-5,10-11,16,19H,6-7H2,1H3,(H,17,20)(H,18,21)/t10-,11-/m0/s1. The summed E-state index contributed by atoms with van der Waals surface area (Å²) in [6.45, 7) is 3.10. The summed E-state index contributed by atoms with van der Waals surface area (Å²) in [5.74, 6) is -1.47. The predicted octanol–water partition coefficient (Wildman–Crippen LogP) is 0.463. The van der Waals surface area contributed by atoms with Crippen molar-refractivity contribution in [1.29, 1.82) is 0 Å². The fourth-order valence-corrected chi connectivity index (χ4v) is 2.71. The first-order valence-electron chi connectivity index (χ1n) is 6.89. The lowest BCUT2D eigenvalue weighted by Crippen LogP contribution is -2.48. The zero-order valence-electron chi connectivity index (χ0n) is 11.6. The number of aryl methyl sites for hydroxylation is 1. The SMILES string of the molecule is Cc1ccc(NC(=O)C2=C(O)[C@H]3CNC[C@@H]3NC2=O)cc1. The van der Waals surface area contributed by atoms with Gasteiger partial charge in [-0.05, 0) is 19.1 Å². The second kappa shape index (κ2) is 5.21. The Kier molecular flexibility index (Phi) is 3.39. The van der Waals surface area contributed by atoms with Crippen LogP contribution in [0.3, 0.4) is 0 Å². The number of fused-ring (bicyclic) bond motifs is 1. The summed E-state index contributed by atoms with van der Waals surface area (Å²) >= 11 is 0. The number of rotatable bonds is 2. The monoisotopic (exact) mass is 287 g/mol. The zero-order chi connectivity index (χ0) is 15.0. The van der Waals surface area contributed by atoms with E-state index in [1.165, 1.54) is 0 Å². The number of carbonyl (C=O) groups is 2. The Hall–Kier alpha value is -2.34. The van der Waals surface area contributed by atoms with Crippen LogP contribution in [0.2, 0.25) is 0 Å². The molecule has 2 aliphatic heterocycles. The van der Waals surface area contributed by atoms with Gasteiger partial charge >= 0.3 is 0 Å². The molecular weight excluding hydrogens is 270 g/mol. The molecule has 0 aromatic heterocycles. The normalized spacial score (nSPS) is 24.5. The summed E-state index contributed by atoms with van der Waals surface area (Å²) in [5.41, 5.74) is 1.47. The van der Waals surface area contributed by atoms with Gasteiger partial charge in [0, 0.05) is 18.8 Å². The van der Waals surface area contributed by atoms with Crippen LogP contribution < -0.4 is 16.0 Å². The number of amides is 2. The van der Waals surface area contributed by atoms with Gasteiger partial charge in [-0.3, -0.25) is 9.59 Å². The van der Waals surface area contributed by atoms with E-state index in [2.05, 4.69) is 16.0 Å². The fourth-order valence-electron chi connectivity index (χ4n) is 2.71. The summed E-state index contributed by atoms with van der Waals surface area (Å²) in [5, 5.41) is 18.7. The van der Waals surface area contributed by atoms with Gasteiger partial charge in [-0.15, -0.1) is 0 Å². The number of hydrogen-bond acceptors (Lipinski definition) is 4. The van der Waals surface area contributed by atoms with Crippen LogP contribution in [0.15, 0.2) is 35.6 Å². The van der Waals surface area contributed by atoms with Gasteiger partial charge in [0.15, 0.2) is 0 Å². The molecular formula is C15H17N3O3. The maximum atomic E-state index is 12.3. The molecule has 0 saturated carbocycles. The molecule has 2 amide bonds. The van der Waals surface area contributed by atoms with Gasteiger partial charge in [0.05, 0.1) is 12.0 Å². The third-order valence-electron chi connectivity index (χ3n) is 3.90. The van der Waals surface area contributed by atoms with Crippen molar-refractivity contribution in [3.05, 3.63) is 41.2 Å². The van der Waals surface area contributed by atoms with Gasteiger partial charge in [0.25, 0.3) is 11.8 Å². The quantitative estimate of drug-likeness (QED) is 0.595. The maximum absolute atomic E-state index is 12.3. The highest BCUT2D eigenvalue weighted by Gasteiger charge is 2.41. The summed E-state index contributed by atoms with van der Waals surface area (Å²) in [6.07, 6.45) is 0. The predicted molar refractivity (Wildman–Crippen MR) is 77.8 cm³/mol. The molecule has 0 unspecified atom stereocenters. The number of nitrogens with one attached hydrogen (secondary N) is 3. The lowest BCUT2D eigenvalue weighted by atomic mass is 9.92. The zero-order valence-corrected chi connectivity index (χ0v) is 11.6. The van der Waals surface area contributed by atoms with Crippen molar-refractivity contribution in [2.45, 2.75) is 13.0 Å². The third kappa shape index (κ3) is 2.50. The molecule has 2 atom stereocenters. The van der Waals surface area contributed by atoms with Gasteiger partial charge in [-0.1, -0.05) is 17.7 Å². The molecule has 3 rings (SSSR count). The van der Waals surface area contributed by atoms with E-state index in [4.69, 9.17) is 0 Å². The van der Waals surface area contributed by atoms with Crippen LogP contribution in [-0.4, -0.2) is 36.1 Å². The third-order valence-corrected chi connectivity index (χ3v) is 3.90. The van der Waals surface area contributed by atoms with E-state index in [-0.39, 0.29) is 23.3 Å². The van der Waals surface area contributed by atoms with Gasteiger partial charge in [-0.2, -0.15) is 0 Å². The minimum atomic E-state index is -0.584. The van der Waals surface area contributed by atoms with E-state index in [9.17, 15) is 14.7 Å². The van der Waals surface area contributed by atoms with Crippen LogP contribution in [0.5, 0.6) is 0 Å². The molecule has 0 radical (unpaired) electrons. The highest BCUT2D eigenvalue weighted by molar-refractivity contribution is 6.23. The van der Waals surface area contributed by atoms with Gasteiger partial charge < -0.3 is 21.1 Å². The topological polar surface area (TPSA) is 90.5 Å². The number of hydrogen-bond donors (Lipinski definition) is 4. The first kappa shape index (κ1) is 13.6. The molecule has 6 heteroatoms. The maximum Gasteiger partial charge on any atom is 0.264 e. The molecule has 0 aliphatic carbocycles. The number of benzene rings is 1. The van der Waals surface area contributed by atoms with E-state index in [1.54, 1.807) is 12.1 Å². The van der Waals surface area contributed by atoms with Crippen LogP contribution in [0, 0.1) is 12.8 Å². The van der Waals surface area contributed by atoms with Crippen LogP contribution in [0.1, 0.15) is 5.56 Å². The molecule has 4 N–H and O–H groups in total. The van der Waals surface area contributed by atoms with E-state index >= 15 is 0 Å². The van der Waals surface area contributed by atoms with Crippen molar-refractivity contribution in [2.24, 2.45) is 5.92 Å². The second-order valence-electron chi connectivity index (χ2n) is 5.43. The average Bonchev–Trinajstić information content (AvgIpc) is 2.90. The van der Waals surface area contributed by atoms with Gasteiger partial charge in [-0.25, -0.2) is 0 Å². The highest BCUT2D eigenvalue weighted by Crippen LogP contribution is 2.25. The van der Waals surface area contributed by atoms with E-state index in [0.29, 0.717) is 18.8 Å². The highest BCUT2D eigenvalue weighted by atomic mass is 16.3.